The number of nitrogens with one attached hydrogen (secondary N) is 1. The van der Waals surface area contributed by atoms with E-state index in [2.05, 4.69) is 5.32 Å². The predicted octanol–water partition coefficient (Wildman–Crippen LogP) is 1.86. The van der Waals surface area contributed by atoms with Crippen molar-refractivity contribution in [2.75, 3.05) is 20.3 Å². The number of carbonyl (C=O) groups is 1. The highest BCUT2D eigenvalue weighted by Crippen LogP contribution is 2.36. The second-order valence-electron chi connectivity index (χ2n) is 5.98. The van der Waals surface area contributed by atoms with Crippen LogP contribution in [0.1, 0.15) is 31.2 Å². The maximum Gasteiger partial charge on any atom is 0.251 e. The van der Waals surface area contributed by atoms with E-state index in [1.165, 1.54) is 0 Å². The molecule has 1 amide bonds. The molecule has 0 radical (unpaired) electrons. The zero-order valence-electron chi connectivity index (χ0n) is 12.9. The number of methoxy groups -OCH3 is 1. The first kappa shape index (κ1) is 14.9. The summed E-state index contributed by atoms with van der Waals surface area (Å²) in [5, 5.41) is 3.13. The lowest BCUT2D eigenvalue weighted by Crippen LogP contribution is -2.52. The van der Waals surface area contributed by atoms with E-state index in [0.717, 1.165) is 31.2 Å². The Bertz CT molecular complexity index is 604. The third kappa shape index (κ3) is 2.68. The fourth-order valence-electron chi connectivity index (χ4n) is 3.23. The van der Waals surface area contributed by atoms with E-state index >= 15 is 0 Å². The summed E-state index contributed by atoms with van der Waals surface area (Å²) in [5.41, 5.74) is 7.13. The van der Waals surface area contributed by atoms with Gasteiger partial charge in [-0.15, -0.1) is 0 Å². The smallest absolute Gasteiger partial charge is 0.251 e. The van der Waals surface area contributed by atoms with E-state index in [1.54, 1.807) is 7.11 Å². The monoisotopic (exact) mass is 302 g/mol. The molecule has 0 spiro atoms. The van der Waals surface area contributed by atoms with Gasteiger partial charge in [0.25, 0.3) is 5.91 Å². The van der Waals surface area contributed by atoms with Crippen molar-refractivity contribution in [3.63, 3.8) is 0 Å². The number of carbonyl (C=O) groups excluding carboxylic acids is 1. The Balaban J connectivity index is 1.80. The molecule has 1 fully saturated rings. The largest absolute Gasteiger partial charge is 0.493 e. The summed E-state index contributed by atoms with van der Waals surface area (Å²) in [5.74, 6) is 1.29. The molecule has 0 bridgehead atoms. The van der Waals surface area contributed by atoms with Crippen molar-refractivity contribution in [2.24, 2.45) is 5.73 Å². The Morgan fingerprint density at radius 1 is 1.41 bits per heavy atom. The average Bonchev–Trinajstić information content (AvgIpc) is 3.02. The number of amides is 1. The number of benzene rings is 1. The van der Waals surface area contributed by atoms with E-state index in [0.29, 0.717) is 23.6 Å². The predicted molar refractivity (Wildman–Crippen MR) is 84.9 cm³/mol. The molecule has 1 saturated carbocycles. The van der Waals surface area contributed by atoms with E-state index in [1.807, 2.05) is 24.3 Å². The van der Waals surface area contributed by atoms with Crippen LogP contribution in [0.3, 0.4) is 0 Å². The fraction of sp³-hybridized carbons (Fsp3) is 0.471. The van der Waals surface area contributed by atoms with E-state index in [9.17, 15) is 4.79 Å². The van der Waals surface area contributed by atoms with E-state index < -0.39 is 0 Å². The number of hydrogen-bond acceptors (Lipinski definition) is 4. The molecule has 5 nitrogen and oxygen atoms in total. The number of fused-ring (bicyclic) bond motifs is 1. The Hall–Kier alpha value is -2.01. The van der Waals surface area contributed by atoms with Crippen LogP contribution in [0.15, 0.2) is 23.8 Å². The molecule has 1 aliphatic carbocycles. The van der Waals surface area contributed by atoms with Crippen molar-refractivity contribution in [2.45, 2.75) is 31.2 Å². The number of nitrogens with two attached hydrogens (primary N) is 1. The van der Waals surface area contributed by atoms with Gasteiger partial charge in [0.05, 0.1) is 18.2 Å². The van der Waals surface area contributed by atoms with Crippen LogP contribution < -0.4 is 20.5 Å². The Labute approximate surface area is 130 Å². The summed E-state index contributed by atoms with van der Waals surface area (Å²) < 4.78 is 11.0. The average molecular weight is 302 g/mol. The van der Waals surface area contributed by atoms with Crippen LogP contribution in [-0.2, 0) is 4.79 Å². The first-order chi connectivity index (χ1) is 10.7. The molecule has 1 aromatic carbocycles. The summed E-state index contributed by atoms with van der Waals surface area (Å²) in [6, 6.07) is 5.65. The summed E-state index contributed by atoms with van der Waals surface area (Å²) in [6.45, 7) is 0.733. The zero-order chi connectivity index (χ0) is 15.6. The number of para-hydroxylation sites is 1. The number of ether oxygens (including phenoxy) is 2. The Kier molecular flexibility index (Phi) is 4.07. The standard InChI is InChI=1S/C17H22N2O3/c1-21-14-6-4-5-12-9-13(10-22-15(12)14)16(20)19-17(11-18)7-2-3-8-17/h4-6,9H,2-3,7-8,10-11,18H2,1H3,(H,19,20). The van der Waals surface area contributed by atoms with Gasteiger partial charge in [0.15, 0.2) is 11.5 Å². The molecule has 0 saturated heterocycles. The molecule has 3 rings (SSSR count). The quantitative estimate of drug-likeness (QED) is 0.890. The second-order valence-corrected chi connectivity index (χ2v) is 5.98. The number of hydrogen-bond donors (Lipinski definition) is 2. The molecular weight excluding hydrogens is 280 g/mol. The Morgan fingerprint density at radius 2 is 2.18 bits per heavy atom. The first-order valence-corrected chi connectivity index (χ1v) is 7.70. The van der Waals surface area contributed by atoms with Gasteiger partial charge < -0.3 is 20.5 Å². The minimum Gasteiger partial charge on any atom is -0.493 e. The van der Waals surface area contributed by atoms with Crippen molar-refractivity contribution in [1.29, 1.82) is 0 Å². The van der Waals surface area contributed by atoms with Crippen LogP contribution in [-0.4, -0.2) is 31.7 Å². The van der Waals surface area contributed by atoms with Crippen molar-refractivity contribution in [1.82, 2.24) is 5.32 Å². The van der Waals surface area contributed by atoms with Crippen LogP contribution in [0, 0.1) is 0 Å². The van der Waals surface area contributed by atoms with Crippen LogP contribution in [0.5, 0.6) is 11.5 Å². The van der Waals surface area contributed by atoms with Gasteiger partial charge in [-0.3, -0.25) is 4.79 Å². The van der Waals surface area contributed by atoms with Gasteiger partial charge in [0.2, 0.25) is 0 Å². The third-order valence-electron chi connectivity index (χ3n) is 4.55. The summed E-state index contributed by atoms with van der Waals surface area (Å²) in [4.78, 5) is 12.5. The van der Waals surface area contributed by atoms with Crippen molar-refractivity contribution in [3.05, 3.63) is 29.3 Å². The maximum absolute atomic E-state index is 12.5. The highest BCUT2D eigenvalue weighted by Gasteiger charge is 2.35. The van der Waals surface area contributed by atoms with Gasteiger partial charge in [-0.2, -0.15) is 0 Å². The molecular formula is C17H22N2O3. The minimum atomic E-state index is -0.243. The lowest BCUT2D eigenvalue weighted by atomic mass is 9.96. The van der Waals surface area contributed by atoms with Gasteiger partial charge in [-0.1, -0.05) is 25.0 Å². The molecule has 0 aromatic heterocycles. The summed E-state index contributed by atoms with van der Waals surface area (Å²) in [6.07, 6.45) is 6.01. The van der Waals surface area contributed by atoms with Crippen molar-refractivity contribution in [3.8, 4) is 11.5 Å². The van der Waals surface area contributed by atoms with Gasteiger partial charge in [0, 0.05) is 12.1 Å². The topological polar surface area (TPSA) is 73.6 Å². The molecule has 22 heavy (non-hydrogen) atoms. The highest BCUT2D eigenvalue weighted by atomic mass is 16.5. The fourth-order valence-corrected chi connectivity index (χ4v) is 3.23. The van der Waals surface area contributed by atoms with E-state index in [-0.39, 0.29) is 18.1 Å². The first-order valence-electron chi connectivity index (χ1n) is 7.70. The van der Waals surface area contributed by atoms with Crippen molar-refractivity contribution >= 4 is 12.0 Å². The SMILES string of the molecule is COc1cccc2c1OCC(C(=O)NC1(CN)CCCC1)=C2. The molecule has 0 unspecified atom stereocenters. The maximum atomic E-state index is 12.5. The highest BCUT2D eigenvalue weighted by molar-refractivity contribution is 5.99. The molecule has 3 N–H and O–H groups in total. The van der Waals surface area contributed by atoms with Gasteiger partial charge >= 0.3 is 0 Å². The van der Waals surface area contributed by atoms with Gasteiger partial charge in [-0.25, -0.2) is 0 Å². The van der Waals surface area contributed by atoms with Crippen LogP contribution >= 0.6 is 0 Å². The molecule has 1 aromatic rings. The lowest BCUT2D eigenvalue weighted by molar-refractivity contribution is -0.119. The van der Waals surface area contributed by atoms with Crippen molar-refractivity contribution < 1.29 is 14.3 Å². The molecule has 1 heterocycles. The second kappa shape index (κ2) is 6.01. The summed E-state index contributed by atoms with van der Waals surface area (Å²) >= 11 is 0. The summed E-state index contributed by atoms with van der Waals surface area (Å²) in [7, 11) is 1.61. The molecule has 0 atom stereocenters. The number of rotatable bonds is 4. The third-order valence-corrected chi connectivity index (χ3v) is 4.55. The normalized spacial score (nSPS) is 18.9. The van der Waals surface area contributed by atoms with Crippen LogP contribution in [0.2, 0.25) is 0 Å². The molecule has 1 aliphatic heterocycles. The minimum absolute atomic E-state index is 0.0826. The zero-order valence-corrected chi connectivity index (χ0v) is 12.9. The van der Waals surface area contributed by atoms with Gasteiger partial charge in [-0.05, 0) is 25.0 Å². The molecule has 2 aliphatic rings. The van der Waals surface area contributed by atoms with Gasteiger partial charge in [0.1, 0.15) is 6.61 Å². The lowest BCUT2D eigenvalue weighted by Gasteiger charge is -2.30. The molecule has 5 heteroatoms. The van der Waals surface area contributed by atoms with Crippen LogP contribution in [0.4, 0.5) is 0 Å². The van der Waals surface area contributed by atoms with E-state index in [4.69, 9.17) is 15.2 Å². The Morgan fingerprint density at radius 3 is 2.86 bits per heavy atom. The molecule has 118 valence electrons. The van der Waals surface area contributed by atoms with Crippen LogP contribution in [0.25, 0.3) is 6.08 Å².